The smallest absolute Gasteiger partial charge is 0.408 e. The van der Waals surface area contributed by atoms with Gasteiger partial charge in [-0.25, -0.2) is 4.79 Å². The van der Waals surface area contributed by atoms with Crippen LogP contribution in [0.3, 0.4) is 0 Å². The Labute approximate surface area is 204 Å². The number of nitrogens with zero attached hydrogens (tertiary/aromatic N) is 1. The molecule has 8 heteroatoms. The second kappa shape index (κ2) is 13.3. The number of amides is 3. The van der Waals surface area contributed by atoms with Crippen molar-refractivity contribution in [1.29, 1.82) is 0 Å². The molecule has 1 rings (SSSR count). The molecule has 3 unspecified atom stereocenters. The van der Waals surface area contributed by atoms with Gasteiger partial charge in [-0.3, -0.25) is 9.59 Å². The molecule has 3 N–H and O–H groups in total. The Balaban J connectivity index is 3.43. The van der Waals surface area contributed by atoms with Crippen molar-refractivity contribution >= 4 is 17.9 Å². The molecule has 0 radical (unpaired) electrons. The van der Waals surface area contributed by atoms with Gasteiger partial charge in [0.25, 0.3) is 0 Å². The summed E-state index contributed by atoms with van der Waals surface area (Å²) in [7, 11) is 0. The van der Waals surface area contributed by atoms with Gasteiger partial charge in [0.1, 0.15) is 17.7 Å². The van der Waals surface area contributed by atoms with Crippen LogP contribution in [0.25, 0.3) is 0 Å². The van der Waals surface area contributed by atoms with Crippen molar-refractivity contribution in [2.24, 2.45) is 0 Å². The highest BCUT2D eigenvalue weighted by molar-refractivity contribution is 5.92. The van der Waals surface area contributed by atoms with Gasteiger partial charge in [0.05, 0.1) is 6.61 Å². The number of ether oxygens (including phenoxy) is 1. The lowest BCUT2D eigenvalue weighted by Crippen LogP contribution is -2.55. The molecule has 0 aliphatic heterocycles. The van der Waals surface area contributed by atoms with Gasteiger partial charge in [0.15, 0.2) is 0 Å². The van der Waals surface area contributed by atoms with Gasteiger partial charge in [0.2, 0.25) is 11.8 Å². The Kier molecular flexibility index (Phi) is 11.5. The average Bonchev–Trinajstić information content (AvgIpc) is 2.71. The maximum absolute atomic E-state index is 13.6. The summed E-state index contributed by atoms with van der Waals surface area (Å²) in [4.78, 5) is 41.0. The molecule has 3 atom stereocenters. The highest BCUT2D eigenvalue weighted by Gasteiger charge is 2.37. The second-order valence-corrected chi connectivity index (χ2v) is 9.82. The number of benzene rings is 1. The van der Waals surface area contributed by atoms with E-state index in [1.165, 1.54) is 4.90 Å². The van der Waals surface area contributed by atoms with E-state index in [-0.39, 0.29) is 18.5 Å². The minimum absolute atomic E-state index is 0.0589. The summed E-state index contributed by atoms with van der Waals surface area (Å²) in [5, 5.41) is 15.5. The van der Waals surface area contributed by atoms with Crippen LogP contribution in [0, 0.1) is 13.8 Å². The van der Waals surface area contributed by atoms with E-state index in [2.05, 4.69) is 10.6 Å². The maximum atomic E-state index is 13.6. The molecule has 0 spiro atoms. The Morgan fingerprint density at radius 2 is 1.65 bits per heavy atom. The number of hydrogen-bond acceptors (Lipinski definition) is 5. The number of aliphatic hydroxyl groups excluding tert-OH is 1. The fourth-order valence-corrected chi connectivity index (χ4v) is 3.96. The van der Waals surface area contributed by atoms with Crippen LogP contribution in [-0.2, 0) is 14.3 Å². The van der Waals surface area contributed by atoms with Crippen molar-refractivity contribution in [2.75, 3.05) is 13.2 Å². The van der Waals surface area contributed by atoms with E-state index in [0.717, 1.165) is 29.5 Å². The molecule has 3 amide bonds. The van der Waals surface area contributed by atoms with Crippen LogP contribution in [0.4, 0.5) is 4.79 Å². The summed E-state index contributed by atoms with van der Waals surface area (Å²) in [6.07, 6.45) is 1.52. The summed E-state index contributed by atoms with van der Waals surface area (Å²) in [6, 6.07) is 3.53. The normalized spacial score (nSPS) is 14.0. The van der Waals surface area contributed by atoms with E-state index in [4.69, 9.17) is 4.74 Å². The number of rotatable bonds is 11. The maximum Gasteiger partial charge on any atom is 0.408 e. The van der Waals surface area contributed by atoms with Gasteiger partial charge < -0.3 is 25.4 Å². The summed E-state index contributed by atoms with van der Waals surface area (Å²) in [6.45, 7) is 14.5. The predicted octanol–water partition coefficient (Wildman–Crippen LogP) is 3.77. The number of carbonyl (C=O) groups is 3. The topological polar surface area (TPSA) is 108 Å². The molecular weight excluding hydrogens is 434 g/mol. The molecule has 192 valence electrons. The fourth-order valence-electron chi connectivity index (χ4n) is 3.96. The van der Waals surface area contributed by atoms with Gasteiger partial charge in [-0.2, -0.15) is 0 Å². The van der Waals surface area contributed by atoms with Crippen molar-refractivity contribution in [3.63, 3.8) is 0 Å². The van der Waals surface area contributed by atoms with Gasteiger partial charge >= 0.3 is 6.09 Å². The first-order valence-corrected chi connectivity index (χ1v) is 12.1. The zero-order chi connectivity index (χ0) is 26.1. The third-order valence-electron chi connectivity index (χ3n) is 5.41. The van der Waals surface area contributed by atoms with E-state index < -0.39 is 36.3 Å². The molecule has 0 aromatic heterocycles. The van der Waals surface area contributed by atoms with Crippen LogP contribution >= 0.6 is 0 Å². The standard InChI is InChI=1S/C26H43N3O5/c1-9-12-19(5)27-23(31)22(21-17(3)13-11-14-18(21)4)29(15-10-2)24(32)20(16-30)28-25(33)34-26(6,7)8/h11,13-14,19-20,22,30H,9-10,12,15-16H2,1-8H3,(H,27,31)(H,28,33). The monoisotopic (exact) mass is 477 g/mol. The third kappa shape index (κ3) is 8.63. The van der Waals surface area contributed by atoms with E-state index >= 15 is 0 Å². The van der Waals surface area contributed by atoms with Crippen LogP contribution in [0.5, 0.6) is 0 Å². The van der Waals surface area contributed by atoms with Crippen LogP contribution in [0.2, 0.25) is 0 Å². The molecule has 0 aliphatic carbocycles. The van der Waals surface area contributed by atoms with E-state index in [1.54, 1.807) is 20.8 Å². The number of aliphatic hydroxyl groups is 1. The minimum atomic E-state index is -1.24. The quantitative estimate of drug-likeness (QED) is 0.450. The Morgan fingerprint density at radius 3 is 2.12 bits per heavy atom. The number of nitrogens with one attached hydrogen (secondary N) is 2. The molecule has 1 aromatic carbocycles. The van der Waals surface area contributed by atoms with Crippen molar-refractivity contribution in [2.45, 2.75) is 98.4 Å². The zero-order valence-corrected chi connectivity index (χ0v) is 22.0. The van der Waals surface area contributed by atoms with Crippen molar-refractivity contribution in [3.05, 3.63) is 34.9 Å². The molecule has 34 heavy (non-hydrogen) atoms. The first kappa shape index (κ1) is 29.4. The molecule has 0 saturated carbocycles. The average molecular weight is 478 g/mol. The highest BCUT2D eigenvalue weighted by atomic mass is 16.6. The first-order chi connectivity index (χ1) is 15.9. The van der Waals surface area contributed by atoms with Crippen LogP contribution in [0.15, 0.2) is 18.2 Å². The SMILES string of the molecule is CCCC(C)NC(=O)C(c1c(C)cccc1C)N(CCC)C(=O)C(CO)NC(=O)OC(C)(C)C. The largest absolute Gasteiger partial charge is 0.444 e. The third-order valence-corrected chi connectivity index (χ3v) is 5.41. The highest BCUT2D eigenvalue weighted by Crippen LogP contribution is 2.29. The molecule has 1 aromatic rings. The van der Waals surface area contributed by atoms with Crippen LogP contribution < -0.4 is 10.6 Å². The van der Waals surface area contributed by atoms with Crippen molar-refractivity contribution < 1.29 is 24.2 Å². The Hall–Kier alpha value is -2.61. The molecule has 8 nitrogen and oxygen atoms in total. The van der Waals surface area contributed by atoms with Gasteiger partial charge in [-0.15, -0.1) is 0 Å². The van der Waals surface area contributed by atoms with E-state index in [9.17, 15) is 19.5 Å². The molecule has 0 aliphatic rings. The van der Waals surface area contributed by atoms with E-state index in [0.29, 0.717) is 6.42 Å². The Bertz CT molecular complexity index is 814. The summed E-state index contributed by atoms with van der Waals surface area (Å²) in [5.41, 5.74) is 1.77. The number of hydrogen-bond donors (Lipinski definition) is 3. The summed E-state index contributed by atoms with van der Waals surface area (Å²) < 4.78 is 5.26. The van der Waals surface area contributed by atoms with Gasteiger partial charge in [0, 0.05) is 12.6 Å². The Morgan fingerprint density at radius 1 is 1.06 bits per heavy atom. The van der Waals surface area contributed by atoms with Gasteiger partial charge in [-0.1, -0.05) is 38.5 Å². The molecule has 0 heterocycles. The first-order valence-electron chi connectivity index (χ1n) is 12.1. The summed E-state index contributed by atoms with van der Waals surface area (Å²) in [5.74, 6) is -0.824. The predicted molar refractivity (Wildman–Crippen MR) is 133 cm³/mol. The number of aryl methyl sites for hydroxylation is 2. The summed E-state index contributed by atoms with van der Waals surface area (Å²) >= 11 is 0. The number of carbonyl (C=O) groups excluding carboxylic acids is 3. The van der Waals surface area contributed by atoms with Crippen molar-refractivity contribution in [3.8, 4) is 0 Å². The van der Waals surface area contributed by atoms with Crippen LogP contribution in [-0.4, -0.2) is 58.8 Å². The minimum Gasteiger partial charge on any atom is -0.444 e. The molecule has 0 saturated heterocycles. The number of alkyl carbamates (subject to hydrolysis) is 1. The molecule has 0 fully saturated rings. The van der Waals surface area contributed by atoms with E-state index in [1.807, 2.05) is 52.8 Å². The lowest BCUT2D eigenvalue weighted by molar-refractivity contribution is -0.143. The molecule has 0 bridgehead atoms. The lowest BCUT2D eigenvalue weighted by atomic mass is 9.93. The fraction of sp³-hybridized carbons (Fsp3) is 0.654. The lowest BCUT2D eigenvalue weighted by Gasteiger charge is -2.35. The van der Waals surface area contributed by atoms with Gasteiger partial charge in [-0.05, 0) is 71.1 Å². The van der Waals surface area contributed by atoms with Crippen LogP contribution in [0.1, 0.15) is 83.5 Å². The second-order valence-electron chi connectivity index (χ2n) is 9.82. The van der Waals surface area contributed by atoms with Crippen molar-refractivity contribution in [1.82, 2.24) is 15.5 Å². The zero-order valence-electron chi connectivity index (χ0n) is 22.0. The molecular formula is C26H43N3O5.